The minimum absolute atomic E-state index is 0.187. The lowest BCUT2D eigenvalue weighted by atomic mass is 10.1. The lowest BCUT2D eigenvalue weighted by Gasteiger charge is -2.05. The molecular weight excluding hydrogens is 251 g/mol. The fourth-order valence-corrected chi connectivity index (χ4v) is 2.15. The second-order valence-electron chi connectivity index (χ2n) is 3.95. The molecule has 0 aliphatic carbocycles. The van der Waals surface area contributed by atoms with Crippen LogP contribution < -0.4 is 5.32 Å². The van der Waals surface area contributed by atoms with Crippen LogP contribution >= 0.6 is 11.3 Å². The van der Waals surface area contributed by atoms with E-state index in [-0.39, 0.29) is 11.7 Å². The van der Waals surface area contributed by atoms with E-state index in [9.17, 15) is 9.18 Å². The molecule has 0 atom stereocenters. The van der Waals surface area contributed by atoms with Gasteiger partial charge in [0.25, 0.3) is 5.91 Å². The Bertz CT molecular complexity index is 540. The molecule has 0 aliphatic heterocycles. The number of aryl methyl sites for hydroxylation is 1. The summed E-state index contributed by atoms with van der Waals surface area (Å²) in [6.45, 7) is 2.17. The van der Waals surface area contributed by atoms with Crippen molar-refractivity contribution in [3.8, 4) is 0 Å². The van der Waals surface area contributed by atoms with Crippen molar-refractivity contribution in [1.29, 1.82) is 0 Å². The number of aromatic nitrogens is 1. The van der Waals surface area contributed by atoms with Crippen molar-refractivity contribution in [2.45, 2.75) is 13.3 Å². The highest BCUT2D eigenvalue weighted by molar-refractivity contribution is 7.07. The van der Waals surface area contributed by atoms with Gasteiger partial charge in [-0.15, -0.1) is 11.3 Å². The summed E-state index contributed by atoms with van der Waals surface area (Å²) in [6, 6.07) is 4.35. The van der Waals surface area contributed by atoms with Gasteiger partial charge in [0.1, 0.15) is 5.82 Å². The van der Waals surface area contributed by atoms with Crippen molar-refractivity contribution in [3.63, 3.8) is 0 Å². The highest BCUT2D eigenvalue weighted by Gasteiger charge is 2.07. The zero-order valence-corrected chi connectivity index (χ0v) is 10.8. The van der Waals surface area contributed by atoms with Crippen LogP contribution in [0.15, 0.2) is 29.1 Å². The van der Waals surface area contributed by atoms with Crippen molar-refractivity contribution in [1.82, 2.24) is 10.3 Å². The van der Waals surface area contributed by atoms with Crippen LogP contribution in [0, 0.1) is 12.7 Å². The molecule has 0 fully saturated rings. The van der Waals surface area contributed by atoms with Crippen LogP contribution in [0.4, 0.5) is 4.39 Å². The topological polar surface area (TPSA) is 42.0 Å². The molecule has 1 heterocycles. The van der Waals surface area contributed by atoms with E-state index >= 15 is 0 Å². The number of benzene rings is 1. The number of carbonyl (C=O) groups excluding carboxylic acids is 1. The Labute approximate surface area is 109 Å². The average molecular weight is 264 g/mol. The highest BCUT2D eigenvalue weighted by atomic mass is 32.1. The summed E-state index contributed by atoms with van der Waals surface area (Å²) in [5, 5.41) is 4.74. The number of hydrogen-bond acceptors (Lipinski definition) is 3. The van der Waals surface area contributed by atoms with Gasteiger partial charge in [0.15, 0.2) is 0 Å². The number of thiazole rings is 1. The summed E-state index contributed by atoms with van der Waals surface area (Å²) in [5.74, 6) is -0.484. The Hall–Kier alpha value is -1.75. The van der Waals surface area contributed by atoms with Gasteiger partial charge in [0, 0.05) is 23.9 Å². The molecule has 0 radical (unpaired) electrons. The van der Waals surface area contributed by atoms with Crippen molar-refractivity contribution in [3.05, 3.63) is 51.7 Å². The van der Waals surface area contributed by atoms with E-state index in [1.807, 2.05) is 5.38 Å². The first-order valence-corrected chi connectivity index (χ1v) is 6.52. The average Bonchev–Trinajstić information content (AvgIpc) is 2.85. The summed E-state index contributed by atoms with van der Waals surface area (Å²) >= 11 is 1.53. The van der Waals surface area contributed by atoms with Crippen molar-refractivity contribution in [2.75, 3.05) is 6.54 Å². The molecule has 1 aromatic carbocycles. The Morgan fingerprint density at radius 1 is 1.50 bits per heavy atom. The molecule has 18 heavy (non-hydrogen) atoms. The zero-order valence-electron chi connectivity index (χ0n) is 9.94. The van der Waals surface area contributed by atoms with Crippen LogP contribution in [-0.4, -0.2) is 17.4 Å². The minimum Gasteiger partial charge on any atom is -0.352 e. The molecule has 3 nitrogen and oxygen atoms in total. The van der Waals surface area contributed by atoms with Crippen molar-refractivity contribution in [2.24, 2.45) is 0 Å². The summed E-state index contributed by atoms with van der Waals surface area (Å²) in [4.78, 5) is 15.9. The van der Waals surface area contributed by atoms with Gasteiger partial charge >= 0.3 is 0 Å². The monoisotopic (exact) mass is 264 g/mol. The third-order valence-electron chi connectivity index (χ3n) is 2.57. The summed E-state index contributed by atoms with van der Waals surface area (Å²) in [5.41, 5.74) is 3.69. The Morgan fingerprint density at radius 2 is 2.33 bits per heavy atom. The number of nitrogens with zero attached hydrogens (tertiary/aromatic N) is 1. The van der Waals surface area contributed by atoms with Gasteiger partial charge in [0.2, 0.25) is 0 Å². The molecule has 0 bridgehead atoms. The maximum absolute atomic E-state index is 13.1. The number of rotatable bonds is 4. The predicted octanol–water partition coefficient (Wildman–Crippen LogP) is 2.56. The zero-order chi connectivity index (χ0) is 13.0. The van der Waals surface area contributed by atoms with Gasteiger partial charge in [-0.2, -0.15) is 0 Å². The molecule has 2 rings (SSSR count). The third kappa shape index (κ3) is 3.13. The first kappa shape index (κ1) is 12.7. The Balaban J connectivity index is 1.89. The van der Waals surface area contributed by atoms with E-state index in [1.54, 1.807) is 18.5 Å². The lowest BCUT2D eigenvalue weighted by Crippen LogP contribution is -2.25. The van der Waals surface area contributed by atoms with Crippen LogP contribution in [0.1, 0.15) is 21.6 Å². The molecule has 0 aliphatic rings. The van der Waals surface area contributed by atoms with Crippen molar-refractivity contribution < 1.29 is 9.18 Å². The second-order valence-corrected chi connectivity index (χ2v) is 4.67. The summed E-state index contributed by atoms with van der Waals surface area (Å²) in [6.07, 6.45) is 0.704. The van der Waals surface area contributed by atoms with Crippen LogP contribution in [-0.2, 0) is 6.42 Å². The fraction of sp³-hybridized carbons (Fsp3) is 0.231. The van der Waals surface area contributed by atoms with Crippen LogP contribution in [0.2, 0.25) is 0 Å². The minimum atomic E-state index is -0.297. The molecule has 1 N–H and O–H groups in total. The van der Waals surface area contributed by atoms with E-state index in [4.69, 9.17) is 0 Å². The van der Waals surface area contributed by atoms with Crippen LogP contribution in [0.5, 0.6) is 0 Å². The largest absolute Gasteiger partial charge is 0.352 e. The third-order valence-corrected chi connectivity index (χ3v) is 3.21. The number of hydrogen-bond donors (Lipinski definition) is 1. The molecule has 94 valence electrons. The maximum Gasteiger partial charge on any atom is 0.251 e. The van der Waals surface area contributed by atoms with Gasteiger partial charge in [-0.05, 0) is 30.7 Å². The van der Waals surface area contributed by atoms with Crippen molar-refractivity contribution >= 4 is 17.2 Å². The summed E-state index contributed by atoms with van der Waals surface area (Å²) in [7, 11) is 0. The Morgan fingerprint density at radius 3 is 3.00 bits per heavy atom. The quantitative estimate of drug-likeness (QED) is 0.922. The molecular formula is C13H13FN2OS. The van der Waals surface area contributed by atoms with E-state index in [1.165, 1.54) is 23.5 Å². The molecule has 5 heteroatoms. The number of nitrogens with one attached hydrogen (secondary N) is 1. The summed E-state index contributed by atoms with van der Waals surface area (Å²) < 4.78 is 13.1. The number of halogens is 1. The van der Waals surface area contributed by atoms with E-state index in [2.05, 4.69) is 10.3 Å². The van der Waals surface area contributed by atoms with Crippen LogP contribution in [0.3, 0.4) is 0 Å². The normalized spacial score (nSPS) is 10.3. The molecule has 0 saturated carbocycles. The maximum atomic E-state index is 13.1. The molecule has 1 amide bonds. The number of carbonyl (C=O) groups is 1. The smallest absolute Gasteiger partial charge is 0.251 e. The van der Waals surface area contributed by atoms with E-state index in [0.717, 1.165) is 5.69 Å². The predicted molar refractivity (Wildman–Crippen MR) is 69.3 cm³/mol. The standard InChI is InChI=1S/C13H13FN2OS/c1-9-6-10(2-3-12(9)14)13(17)15-5-4-11-7-18-8-16-11/h2-3,6-8H,4-5H2,1H3,(H,15,17). The van der Waals surface area contributed by atoms with Crippen LogP contribution in [0.25, 0.3) is 0 Å². The van der Waals surface area contributed by atoms with Gasteiger partial charge in [0.05, 0.1) is 11.2 Å². The molecule has 0 saturated heterocycles. The van der Waals surface area contributed by atoms with Gasteiger partial charge in [-0.1, -0.05) is 0 Å². The first-order chi connectivity index (χ1) is 8.66. The SMILES string of the molecule is Cc1cc(C(=O)NCCc2cscn2)ccc1F. The molecule has 0 spiro atoms. The van der Waals surface area contributed by atoms with Gasteiger partial charge < -0.3 is 5.32 Å². The molecule has 2 aromatic rings. The number of amides is 1. The highest BCUT2D eigenvalue weighted by Crippen LogP contribution is 2.09. The van der Waals surface area contributed by atoms with Gasteiger partial charge in [-0.25, -0.2) is 9.37 Å². The second kappa shape index (κ2) is 5.73. The van der Waals surface area contributed by atoms with Gasteiger partial charge in [-0.3, -0.25) is 4.79 Å². The Kier molecular flexibility index (Phi) is 4.04. The van der Waals surface area contributed by atoms with E-state index in [0.29, 0.717) is 24.1 Å². The fourth-order valence-electron chi connectivity index (χ4n) is 1.55. The molecule has 0 unspecified atom stereocenters. The lowest BCUT2D eigenvalue weighted by molar-refractivity contribution is 0.0954. The molecule has 1 aromatic heterocycles. The van der Waals surface area contributed by atoms with E-state index < -0.39 is 0 Å². The first-order valence-electron chi connectivity index (χ1n) is 5.58.